The van der Waals surface area contributed by atoms with Crippen LogP contribution in [0.5, 0.6) is 0 Å². The molecular weight excluding hydrogens is 409 g/mol. The van der Waals surface area contributed by atoms with E-state index in [1.54, 1.807) is 13.0 Å². The highest BCUT2D eigenvalue weighted by Gasteiger charge is 2.36. The number of hydrogen-bond acceptors (Lipinski definition) is 4. The number of hydrogen-bond donors (Lipinski definition) is 1. The van der Waals surface area contributed by atoms with Crippen molar-refractivity contribution >= 4 is 11.8 Å². The first-order valence-electron chi connectivity index (χ1n) is 11.2. The van der Waals surface area contributed by atoms with Gasteiger partial charge in [-0.2, -0.15) is 0 Å². The normalized spacial score (nSPS) is 18.8. The number of nitrogens with one attached hydrogen (secondary N) is 1. The molecule has 1 unspecified atom stereocenters. The number of amides is 2. The summed E-state index contributed by atoms with van der Waals surface area (Å²) < 4.78 is 19.0. The second-order valence-electron chi connectivity index (χ2n) is 9.41. The lowest BCUT2D eigenvalue weighted by molar-refractivity contribution is -0.125. The van der Waals surface area contributed by atoms with Crippen LogP contribution in [0.15, 0.2) is 34.5 Å². The molecule has 32 heavy (non-hydrogen) atoms. The number of rotatable bonds is 2. The molecule has 0 saturated carbocycles. The van der Waals surface area contributed by atoms with E-state index >= 15 is 0 Å². The van der Waals surface area contributed by atoms with Crippen LogP contribution in [0.2, 0.25) is 0 Å². The Balaban J connectivity index is 0.000000668. The Bertz CT molecular complexity index is 1040. The number of aryl methyl sites for hydroxylation is 1. The third kappa shape index (κ3) is 5.09. The second kappa shape index (κ2) is 9.67. The van der Waals surface area contributed by atoms with Crippen LogP contribution in [0.3, 0.4) is 0 Å². The molecule has 1 atom stereocenters. The first-order chi connectivity index (χ1) is 15.1. The van der Waals surface area contributed by atoms with Gasteiger partial charge >= 0.3 is 0 Å². The number of fused-ring (bicyclic) bond motifs is 3. The quantitative estimate of drug-likeness (QED) is 0.730. The van der Waals surface area contributed by atoms with Gasteiger partial charge in [0.15, 0.2) is 11.5 Å². The van der Waals surface area contributed by atoms with E-state index in [2.05, 4.69) is 31.2 Å². The number of allylic oxidation sites excluding steroid dienone is 1. The maximum Gasteiger partial charge on any atom is 0.277 e. The lowest BCUT2D eigenvalue weighted by Gasteiger charge is -2.34. The van der Waals surface area contributed by atoms with Crippen molar-refractivity contribution in [3.8, 4) is 11.3 Å². The van der Waals surface area contributed by atoms with Gasteiger partial charge in [0, 0.05) is 16.8 Å². The van der Waals surface area contributed by atoms with Crippen LogP contribution in [0.25, 0.3) is 11.3 Å². The van der Waals surface area contributed by atoms with Crippen LogP contribution in [0.1, 0.15) is 63.2 Å². The largest absolute Gasteiger partial charge is 0.355 e. The van der Waals surface area contributed by atoms with Crippen molar-refractivity contribution in [2.45, 2.75) is 60.4 Å². The average molecular weight is 442 g/mol. The fourth-order valence-electron chi connectivity index (χ4n) is 3.82. The minimum Gasteiger partial charge on any atom is -0.355 e. The zero-order chi connectivity index (χ0) is 23.6. The smallest absolute Gasteiger partial charge is 0.277 e. The Hall–Kier alpha value is -2.96. The summed E-state index contributed by atoms with van der Waals surface area (Å²) in [6.45, 7) is 12.5. The topological polar surface area (TPSA) is 75.4 Å². The van der Waals surface area contributed by atoms with Gasteiger partial charge in [-0.1, -0.05) is 45.9 Å². The molecule has 1 aliphatic carbocycles. The molecule has 1 aliphatic heterocycles. The highest BCUT2D eigenvalue weighted by atomic mass is 19.1. The van der Waals surface area contributed by atoms with E-state index < -0.39 is 6.04 Å². The predicted molar refractivity (Wildman–Crippen MR) is 121 cm³/mol. The van der Waals surface area contributed by atoms with Crippen molar-refractivity contribution in [2.24, 2.45) is 11.8 Å². The predicted octanol–water partition coefficient (Wildman–Crippen LogP) is 4.74. The molecule has 1 aromatic heterocycles. The Morgan fingerprint density at radius 3 is 2.59 bits per heavy atom. The lowest BCUT2D eigenvalue weighted by atomic mass is 9.89. The van der Waals surface area contributed by atoms with E-state index in [-0.39, 0.29) is 29.2 Å². The Morgan fingerprint density at radius 2 is 1.94 bits per heavy atom. The first-order valence-corrected chi connectivity index (χ1v) is 11.2. The van der Waals surface area contributed by atoms with Crippen molar-refractivity contribution in [1.29, 1.82) is 0 Å². The molecule has 7 heteroatoms. The average Bonchev–Trinajstić information content (AvgIpc) is 3.13. The third-order valence-electron chi connectivity index (χ3n) is 5.21. The molecule has 6 nitrogen and oxygen atoms in total. The van der Waals surface area contributed by atoms with Crippen LogP contribution >= 0.6 is 0 Å². The van der Waals surface area contributed by atoms with E-state index in [1.807, 2.05) is 19.9 Å². The molecule has 0 bridgehead atoms. The van der Waals surface area contributed by atoms with Crippen LogP contribution in [0.4, 0.5) is 4.39 Å². The van der Waals surface area contributed by atoms with E-state index in [4.69, 9.17) is 4.52 Å². The summed E-state index contributed by atoms with van der Waals surface area (Å²) in [4.78, 5) is 27.1. The monoisotopic (exact) mass is 441 g/mol. The number of carbonyl (C=O) groups excluding carboxylic acids is 2. The Labute approximate surface area is 188 Å². The summed E-state index contributed by atoms with van der Waals surface area (Å²) >= 11 is 0. The highest BCUT2D eigenvalue weighted by Crippen LogP contribution is 2.36. The highest BCUT2D eigenvalue weighted by molar-refractivity contribution is 5.99. The van der Waals surface area contributed by atoms with E-state index in [1.165, 1.54) is 17.0 Å². The van der Waals surface area contributed by atoms with E-state index in [0.29, 0.717) is 30.8 Å². The van der Waals surface area contributed by atoms with Crippen molar-refractivity contribution in [3.05, 3.63) is 52.6 Å². The van der Waals surface area contributed by atoms with Gasteiger partial charge in [-0.3, -0.25) is 9.59 Å². The molecule has 1 aromatic carbocycles. The second-order valence-corrected chi connectivity index (χ2v) is 9.41. The fraction of sp³-hybridized carbons (Fsp3) is 0.480. The summed E-state index contributed by atoms with van der Waals surface area (Å²) in [6, 6.07) is 3.91. The van der Waals surface area contributed by atoms with E-state index in [0.717, 1.165) is 22.6 Å². The molecule has 1 N–H and O–H groups in total. The summed E-state index contributed by atoms with van der Waals surface area (Å²) in [5.41, 5.74) is 3.27. The van der Waals surface area contributed by atoms with Crippen LogP contribution < -0.4 is 5.32 Å². The number of carbonyl (C=O) groups is 2. The molecule has 172 valence electrons. The van der Waals surface area contributed by atoms with Crippen LogP contribution in [-0.2, 0) is 17.6 Å². The molecule has 2 heterocycles. The number of benzene rings is 1. The van der Waals surface area contributed by atoms with Crippen molar-refractivity contribution in [3.63, 3.8) is 0 Å². The number of aromatic nitrogens is 1. The zero-order valence-electron chi connectivity index (χ0n) is 19.7. The van der Waals surface area contributed by atoms with Gasteiger partial charge in [0.1, 0.15) is 11.9 Å². The van der Waals surface area contributed by atoms with Crippen LogP contribution in [0, 0.1) is 17.7 Å². The number of nitrogens with zero attached hydrogens (tertiary/aromatic N) is 2. The molecular formula is C25H32FN3O3. The fourth-order valence-corrected chi connectivity index (χ4v) is 3.82. The first kappa shape index (κ1) is 23.7. The van der Waals surface area contributed by atoms with Crippen molar-refractivity contribution in [2.75, 3.05) is 6.54 Å². The molecule has 4 rings (SSSR count). The third-order valence-corrected chi connectivity index (χ3v) is 5.21. The van der Waals surface area contributed by atoms with Gasteiger partial charge < -0.3 is 14.7 Å². The summed E-state index contributed by atoms with van der Waals surface area (Å²) in [6.07, 6.45) is 3.09. The summed E-state index contributed by atoms with van der Waals surface area (Å²) in [5.74, 6) is 0.752. The van der Waals surface area contributed by atoms with Gasteiger partial charge in [-0.25, -0.2) is 4.39 Å². The molecule has 2 aromatic rings. The molecule has 1 saturated heterocycles. The minimum atomic E-state index is -0.603. The molecule has 0 spiro atoms. The van der Waals surface area contributed by atoms with Crippen molar-refractivity contribution < 1.29 is 18.5 Å². The molecule has 1 fully saturated rings. The SMILES string of the molecule is CC(C)/C=C1\CN(C(=O)c2noc3c2CCc2cc(F)ccc2-3)C(C)C(=O)N1.CC(C)C. The maximum atomic E-state index is 13.5. The van der Waals surface area contributed by atoms with E-state index in [9.17, 15) is 14.0 Å². The Morgan fingerprint density at radius 1 is 1.25 bits per heavy atom. The summed E-state index contributed by atoms with van der Waals surface area (Å²) in [5, 5.41) is 6.89. The number of halogens is 1. The van der Waals surface area contributed by atoms with Gasteiger partial charge in [-0.15, -0.1) is 0 Å². The molecule has 2 amide bonds. The van der Waals surface area contributed by atoms with Crippen LogP contribution in [-0.4, -0.2) is 34.5 Å². The van der Waals surface area contributed by atoms with Gasteiger partial charge in [0.05, 0.1) is 6.54 Å². The molecule has 2 aliphatic rings. The van der Waals surface area contributed by atoms with Gasteiger partial charge in [0.2, 0.25) is 5.91 Å². The maximum absolute atomic E-state index is 13.5. The lowest BCUT2D eigenvalue weighted by Crippen LogP contribution is -2.55. The Kier molecular flexibility index (Phi) is 7.16. The summed E-state index contributed by atoms with van der Waals surface area (Å²) in [7, 11) is 0. The molecule has 0 radical (unpaired) electrons. The van der Waals surface area contributed by atoms with Gasteiger partial charge in [-0.05, 0) is 55.4 Å². The number of piperazine rings is 1. The zero-order valence-corrected chi connectivity index (χ0v) is 19.7. The minimum absolute atomic E-state index is 0.218. The van der Waals surface area contributed by atoms with Gasteiger partial charge in [0.25, 0.3) is 5.91 Å². The van der Waals surface area contributed by atoms with Crippen molar-refractivity contribution in [1.82, 2.24) is 15.4 Å². The standard InChI is InChI=1S/C21H22FN3O3.C4H10/c1-11(2)8-15-10-25(12(3)20(26)23-15)21(27)18-17-6-4-13-9-14(22)5-7-16(13)19(17)28-24-18;1-4(2)3/h5,7-9,11-12H,4,6,10H2,1-3H3,(H,23,26);4H,1-3H3/b15-8+;.